The zero-order valence-corrected chi connectivity index (χ0v) is 13.6. The summed E-state index contributed by atoms with van der Waals surface area (Å²) in [6.07, 6.45) is 0. The first-order valence-electron chi connectivity index (χ1n) is 5.29. The zero-order valence-electron chi connectivity index (χ0n) is 9.58. The first kappa shape index (κ1) is 14.4. The quantitative estimate of drug-likeness (QED) is 0.727. The molecule has 19 heavy (non-hydrogen) atoms. The monoisotopic (exact) mass is 402 g/mol. The van der Waals surface area contributed by atoms with Crippen LogP contribution in [0.25, 0.3) is 0 Å². The van der Waals surface area contributed by atoms with Gasteiger partial charge in [-0.1, -0.05) is 28.1 Å². The Bertz CT molecular complexity index is 647. The molecule has 2 aromatic carbocycles. The van der Waals surface area contributed by atoms with Crippen LogP contribution in [0.3, 0.4) is 0 Å². The van der Waals surface area contributed by atoms with Gasteiger partial charge < -0.3 is 11.1 Å². The second-order valence-electron chi connectivity index (χ2n) is 3.80. The third kappa shape index (κ3) is 3.52. The number of hydrogen-bond acceptors (Lipinski definition) is 2. The summed E-state index contributed by atoms with van der Waals surface area (Å²) in [5, 5.41) is 3.17. The fourth-order valence-electron chi connectivity index (χ4n) is 1.57. The van der Waals surface area contributed by atoms with Gasteiger partial charge in [-0.2, -0.15) is 0 Å². The molecule has 98 valence electrons. The van der Waals surface area contributed by atoms with Crippen molar-refractivity contribution in [3.63, 3.8) is 0 Å². The highest BCUT2D eigenvalue weighted by molar-refractivity contribution is 9.11. The molecule has 3 N–H and O–H groups in total. The highest BCUT2D eigenvalue weighted by Crippen LogP contribution is 2.30. The van der Waals surface area contributed by atoms with Gasteiger partial charge in [0, 0.05) is 20.2 Å². The van der Waals surface area contributed by atoms with Gasteiger partial charge >= 0.3 is 0 Å². The Morgan fingerprint density at radius 2 is 1.79 bits per heavy atom. The molecular weight excluding hydrogens is 395 g/mol. The van der Waals surface area contributed by atoms with Crippen LogP contribution in [0.2, 0.25) is 0 Å². The highest BCUT2D eigenvalue weighted by Gasteiger charge is 2.09. The molecule has 2 aromatic rings. The van der Waals surface area contributed by atoms with Crippen LogP contribution in [0.5, 0.6) is 0 Å². The van der Waals surface area contributed by atoms with E-state index in [1.807, 2.05) is 18.2 Å². The first-order valence-corrected chi connectivity index (χ1v) is 7.28. The molecule has 0 radical (unpaired) electrons. The molecule has 0 unspecified atom stereocenters. The van der Waals surface area contributed by atoms with Crippen molar-refractivity contribution >= 4 is 60.4 Å². The first-order chi connectivity index (χ1) is 8.97. The van der Waals surface area contributed by atoms with Crippen molar-refractivity contribution in [3.8, 4) is 0 Å². The van der Waals surface area contributed by atoms with Crippen LogP contribution in [0, 0.1) is 5.82 Å². The molecule has 2 nitrogen and oxygen atoms in total. The predicted molar refractivity (Wildman–Crippen MR) is 87.4 cm³/mol. The number of nitrogens with two attached hydrogens (primary N) is 1. The van der Waals surface area contributed by atoms with Gasteiger partial charge in [-0.3, -0.25) is 0 Å². The lowest BCUT2D eigenvalue weighted by Crippen LogP contribution is -2.12. The van der Waals surface area contributed by atoms with Crippen LogP contribution >= 0.6 is 44.1 Å². The second-order valence-corrected chi connectivity index (χ2v) is 6.01. The zero-order chi connectivity index (χ0) is 14.0. The Morgan fingerprint density at radius 3 is 2.42 bits per heavy atom. The summed E-state index contributed by atoms with van der Waals surface area (Å²) >= 11 is 11.8. The lowest BCUT2D eigenvalue weighted by atomic mass is 10.1. The number of thiocarbonyl (C=S) groups is 1. The minimum atomic E-state index is -0.372. The molecule has 2 rings (SSSR count). The van der Waals surface area contributed by atoms with Crippen LogP contribution in [0.1, 0.15) is 5.56 Å². The number of nitrogens with one attached hydrogen (secondary N) is 1. The maximum absolute atomic E-state index is 13.2. The van der Waals surface area contributed by atoms with Crippen molar-refractivity contribution in [3.05, 3.63) is 56.7 Å². The van der Waals surface area contributed by atoms with Crippen molar-refractivity contribution in [2.75, 3.05) is 5.32 Å². The smallest absolute Gasteiger partial charge is 0.124 e. The third-order valence-electron chi connectivity index (χ3n) is 2.45. The fraction of sp³-hybridized carbons (Fsp3) is 0. The molecule has 0 saturated heterocycles. The Morgan fingerprint density at radius 1 is 1.11 bits per heavy atom. The van der Waals surface area contributed by atoms with Gasteiger partial charge in [0.2, 0.25) is 0 Å². The SMILES string of the molecule is NC(=S)c1cc(F)ccc1Nc1ccc(Br)cc1Br. The van der Waals surface area contributed by atoms with E-state index in [4.69, 9.17) is 18.0 Å². The van der Waals surface area contributed by atoms with Gasteiger partial charge in [-0.25, -0.2) is 4.39 Å². The third-order valence-corrected chi connectivity index (χ3v) is 3.82. The summed E-state index contributed by atoms with van der Waals surface area (Å²) in [5.74, 6) is -0.372. The molecule has 0 bridgehead atoms. The number of anilines is 2. The summed E-state index contributed by atoms with van der Waals surface area (Å²) in [7, 11) is 0. The van der Waals surface area contributed by atoms with Gasteiger partial charge in [0.15, 0.2) is 0 Å². The van der Waals surface area contributed by atoms with Crippen molar-refractivity contribution in [1.82, 2.24) is 0 Å². The number of benzene rings is 2. The average Bonchev–Trinajstić information content (AvgIpc) is 2.34. The molecule has 0 aliphatic carbocycles. The second kappa shape index (κ2) is 5.98. The average molecular weight is 404 g/mol. The molecule has 6 heteroatoms. The van der Waals surface area contributed by atoms with E-state index in [1.54, 1.807) is 6.07 Å². The standard InChI is InChI=1S/C13H9Br2FN2S/c14-7-1-3-12(10(15)5-7)18-11-4-2-8(16)6-9(11)13(17)19/h1-6,18H,(H2,17,19). The topological polar surface area (TPSA) is 38.0 Å². The molecule has 0 fully saturated rings. The van der Waals surface area contributed by atoms with Crippen molar-refractivity contribution in [1.29, 1.82) is 0 Å². The van der Waals surface area contributed by atoms with Gasteiger partial charge in [0.05, 0.1) is 5.69 Å². The molecule has 0 amide bonds. The molecule has 0 heterocycles. The van der Waals surface area contributed by atoms with E-state index in [-0.39, 0.29) is 10.8 Å². The maximum Gasteiger partial charge on any atom is 0.124 e. The van der Waals surface area contributed by atoms with Crippen LogP contribution < -0.4 is 11.1 Å². The van der Waals surface area contributed by atoms with Crippen molar-refractivity contribution in [2.45, 2.75) is 0 Å². The normalized spacial score (nSPS) is 10.3. The summed E-state index contributed by atoms with van der Waals surface area (Å²) in [6, 6.07) is 9.98. The van der Waals surface area contributed by atoms with E-state index in [9.17, 15) is 4.39 Å². The van der Waals surface area contributed by atoms with E-state index in [2.05, 4.69) is 37.2 Å². The molecule has 0 aliphatic heterocycles. The molecule has 0 atom stereocenters. The van der Waals surface area contributed by atoms with Gasteiger partial charge in [-0.05, 0) is 52.3 Å². The Labute approximate surface area is 132 Å². The van der Waals surface area contributed by atoms with Crippen molar-refractivity contribution in [2.24, 2.45) is 5.73 Å². The minimum absolute atomic E-state index is 0.148. The minimum Gasteiger partial charge on any atom is -0.389 e. The van der Waals surface area contributed by atoms with Crippen LogP contribution in [-0.2, 0) is 0 Å². The Kier molecular flexibility index (Phi) is 4.54. The van der Waals surface area contributed by atoms with Gasteiger partial charge in [0.25, 0.3) is 0 Å². The predicted octanol–water partition coefficient (Wildman–Crippen LogP) is 4.73. The summed E-state index contributed by atoms with van der Waals surface area (Å²) in [6.45, 7) is 0. The highest BCUT2D eigenvalue weighted by atomic mass is 79.9. The lowest BCUT2D eigenvalue weighted by Gasteiger charge is -2.13. The van der Waals surface area contributed by atoms with Gasteiger partial charge in [0.1, 0.15) is 10.8 Å². The van der Waals surface area contributed by atoms with Crippen LogP contribution in [-0.4, -0.2) is 4.99 Å². The van der Waals surface area contributed by atoms with Gasteiger partial charge in [-0.15, -0.1) is 0 Å². The van der Waals surface area contributed by atoms with Crippen molar-refractivity contribution < 1.29 is 4.39 Å². The Balaban J connectivity index is 2.40. The Hall–Kier alpha value is -0.980. The van der Waals surface area contributed by atoms with E-state index in [0.29, 0.717) is 11.3 Å². The summed E-state index contributed by atoms with van der Waals surface area (Å²) < 4.78 is 15.1. The fourth-order valence-corrected chi connectivity index (χ4v) is 2.88. The van der Waals surface area contributed by atoms with E-state index < -0.39 is 0 Å². The largest absolute Gasteiger partial charge is 0.389 e. The van der Waals surface area contributed by atoms with E-state index in [0.717, 1.165) is 14.6 Å². The maximum atomic E-state index is 13.2. The van der Waals surface area contributed by atoms with Crippen LogP contribution in [0.15, 0.2) is 45.3 Å². The molecule has 0 aromatic heterocycles. The molecule has 0 spiro atoms. The number of halogens is 3. The molecule has 0 saturated carbocycles. The van der Waals surface area contributed by atoms with Crippen LogP contribution in [0.4, 0.5) is 15.8 Å². The molecule has 0 aliphatic rings. The number of rotatable bonds is 3. The lowest BCUT2D eigenvalue weighted by molar-refractivity contribution is 0.628. The molecular formula is C13H9Br2FN2S. The number of hydrogen-bond donors (Lipinski definition) is 2. The van der Waals surface area contributed by atoms with E-state index in [1.165, 1.54) is 12.1 Å². The van der Waals surface area contributed by atoms with E-state index >= 15 is 0 Å². The summed E-state index contributed by atoms with van der Waals surface area (Å²) in [5.41, 5.74) is 7.59. The summed E-state index contributed by atoms with van der Waals surface area (Å²) in [4.78, 5) is 0.148.